The average molecular weight is 498 g/mol. The van der Waals surface area contributed by atoms with Crippen molar-refractivity contribution in [2.24, 2.45) is 0 Å². The van der Waals surface area contributed by atoms with E-state index in [-0.39, 0.29) is 11.5 Å². The van der Waals surface area contributed by atoms with Gasteiger partial charge in [0.15, 0.2) is 0 Å². The van der Waals surface area contributed by atoms with E-state index in [1.165, 1.54) is 0 Å². The summed E-state index contributed by atoms with van der Waals surface area (Å²) in [6.45, 7) is 4.06. The minimum atomic E-state index is -3.71. The Morgan fingerprint density at radius 1 is 0.914 bits per heavy atom. The molecule has 3 aromatic rings. The summed E-state index contributed by atoms with van der Waals surface area (Å²) in [6.07, 6.45) is 2.00. The molecule has 0 aliphatic rings. The van der Waals surface area contributed by atoms with E-state index in [4.69, 9.17) is 4.74 Å². The molecule has 8 nitrogen and oxygen atoms in total. The Kier molecular flexibility index (Phi) is 9.22. The van der Waals surface area contributed by atoms with Crippen molar-refractivity contribution in [3.63, 3.8) is 0 Å². The van der Waals surface area contributed by atoms with E-state index < -0.39 is 28.1 Å². The lowest BCUT2D eigenvalue weighted by Gasteiger charge is -2.16. The summed E-state index contributed by atoms with van der Waals surface area (Å²) in [5, 5.41) is 6.36. The van der Waals surface area contributed by atoms with Crippen LogP contribution in [-0.2, 0) is 26.2 Å². The van der Waals surface area contributed by atoms with Gasteiger partial charge in [0.25, 0.3) is 0 Å². The van der Waals surface area contributed by atoms with E-state index in [9.17, 15) is 18.0 Å². The topological polar surface area (TPSA) is 114 Å². The highest BCUT2D eigenvalue weighted by Gasteiger charge is 2.20. The van der Waals surface area contributed by atoms with Crippen LogP contribution in [0.25, 0.3) is 10.8 Å². The number of fused-ring (bicyclic) bond motifs is 1. The Balaban J connectivity index is 1.68. The number of rotatable bonds is 11. The number of anilines is 1. The Labute approximate surface area is 206 Å². The Morgan fingerprint density at radius 2 is 1.63 bits per heavy atom. The van der Waals surface area contributed by atoms with Gasteiger partial charge in [-0.05, 0) is 31.0 Å². The van der Waals surface area contributed by atoms with Crippen molar-refractivity contribution in [3.05, 3.63) is 72.3 Å². The predicted octanol–water partition coefficient (Wildman–Crippen LogP) is 4.56. The maximum atomic E-state index is 12.9. The number of benzene rings is 3. The van der Waals surface area contributed by atoms with Gasteiger partial charge in [0.2, 0.25) is 15.9 Å². The second-order valence-corrected chi connectivity index (χ2v) is 9.91. The molecule has 3 rings (SSSR count). The van der Waals surface area contributed by atoms with Gasteiger partial charge < -0.3 is 15.4 Å². The summed E-state index contributed by atoms with van der Waals surface area (Å²) >= 11 is 0. The highest BCUT2D eigenvalue weighted by molar-refractivity contribution is 7.89. The molecule has 0 aliphatic heterocycles. The van der Waals surface area contributed by atoms with Crippen LogP contribution in [0.4, 0.5) is 10.5 Å². The van der Waals surface area contributed by atoms with E-state index in [2.05, 4.69) is 22.3 Å². The lowest BCUT2D eigenvalue weighted by atomic mass is 10.1. The first kappa shape index (κ1) is 26.2. The molecule has 0 saturated heterocycles. The molecule has 0 spiro atoms. The fourth-order valence-electron chi connectivity index (χ4n) is 3.53. The monoisotopic (exact) mass is 497 g/mol. The molecule has 3 N–H and O–H groups in total. The van der Waals surface area contributed by atoms with Crippen molar-refractivity contribution >= 4 is 38.5 Å². The largest absolute Gasteiger partial charge is 0.445 e. The maximum Gasteiger partial charge on any atom is 0.408 e. The lowest BCUT2D eigenvalue weighted by Crippen LogP contribution is -2.41. The first-order chi connectivity index (χ1) is 16.8. The SMILES string of the molecule is CCCCCNS(=O)(=O)c1cccc2c(NC(=O)[C@@H](C)NC(=O)OCc3ccccc3)cccc12. The number of hydrogen-bond acceptors (Lipinski definition) is 5. The van der Waals surface area contributed by atoms with E-state index in [1.54, 1.807) is 43.3 Å². The molecular formula is C26H31N3O5S. The third kappa shape index (κ3) is 7.27. The molecule has 0 radical (unpaired) electrons. The van der Waals surface area contributed by atoms with Crippen LogP contribution in [0, 0.1) is 0 Å². The van der Waals surface area contributed by atoms with Gasteiger partial charge in [-0.3, -0.25) is 4.79 Å². The normalized spacial score (nSPS) is 12.2. The molecule has 2 amide bonds. The number of hydrogen-bond donors (Lipinski definition) is 3. The first-order valence-corrected chi connectivity index (χ1v) is 13.1. The standard InChI is InChI=1S/C26H31N3O5S/c1-3-4-8-17-27-35(32,33)24-16-10-13-21-22(24)14-9-15-23(21)29-25(30)19(2)28-26(31)34-18-20-11-6-5-7-12-20/h5-7,9-16,19,27H,3-4,8,17-18H2,1-2H3,(H,28,31)(H,29,30)/t19-/m1/s1. The van der Waals surface area contributed by atoms with Crippen molar-refractivity contribution in [2.45, 2.75) is 50.7 Å². The molecule has 186 valence electrons. The molecule has 0 unspecified atom stereocenters. The van der Waals surface area contributed by atoms with Crippen molar-refractivity contribution in [1.82, 2.24) is 10.0 Å². The van der Waals surface area contributed by atoms with Crippen LogP contribution in [0.5, 0.6) is 0 Å². The van der Waals surface area contributed by atoms with E-state index >= 15 is 0 Å². The van der Waals surface area contributed by atoms with Crippen molar-refractivity contribution < 1.29 is 22.7 Å². The smallest absolute Gasteiger partial charge is 0.408 e. The van der Waals surface area contributed by atoms with E-state index in [1.807, 2.05) is 30.3 Å². The summed E-state index contributed by atoms with van der Waals surface area (Å²) in [6, 6.07) is 18.3. The molecule has 1 atom stereocenters. The van der Waals surface area contributed by atoms with Gasteiger partial charge in [-0.2, -0.15) is 0 Å². The number of amides is 2. The number of ether oxygens (including phenoxy) is 1. The maximum absolute atomic E-state index is 12.9. The van der Waals surface area contributed by atoms with Gasteiger partial charge in [0.1, 0.15) is 12.6 Å². The van der Waals surface area contributed by atoms with Crippen LogP contribution in [0.15, 0.2) is 71.6 Å². The molecular weight excluding hydrogens is 466 g/mol. The van der Waals surface area contributed by atoms with Crippen molar-refractivity contribution in [1.29, 1.82) is 0 Å². The number of sulfonamides is 1. The molecule has 0 bridgehead atoms. The van der Waals surface area contributed by atoms with E-state index in [0.717, 1.165) is 24.8 Å². The summed E-state index contributed by atoms with van der Waals surface area (Å²) < 4.78 is 33.6. The Hall–Kier alpha value is -3.43. The molecule has 3 aromatic carbocycles. The minimum Gasteiger partial charge on any atom is -0.445 e. The highest BCUT2D eigenvalue weighted by Crippen LogP contribution is 2.29. The van der Waals surface area contributed by atoms with Gasteiger partial charge in [0.05, 0.1) is 4.90 Å². The molecule has 0 heterocycles. The lowest BCUT2D eigenvalue weighted by molar-refractivity contribution is -0.117. The molecule has 35 heavy (non-hydrogen) atoms. The van der Waals surface area contributed by atoms with Crippen LogP contribution in [0.1, 0.15) is 38.7 Å². The zero-order valence-corrected chi connectivity index (χ0v) is 20.7. The number of nitrogens with one attached hydrogen (secondary N) is 3. The molecule has 0 aliphatic carbocycles. The van der Waals surface area contributed by atoms with Gasteiger partial charge in [0, 0.05) is 23.0 Å². The number of carbonyl (C=O) groups excluding carboxylic acids is 2. The van der Waals surface area contributed by atoms with Crippen molar-refractivity contribution in [2.75, 3.05) is 11.9 Å². The van der Waals surface area contributed by atoms with Gasteiger partial charge in [-0.25, -0.2) is 17.9 Å². The summed E-state index contributed by atoms with van der Waals surface area (Å²) in [4.78, 5) is 25.0. The van der Waals surface area contributed by atoms with Gasteiger partial charge >= 0.3 is 6.09 Å². The molecule has 9 heteroatoms. The van der Waals surface area contributed by atoms with Crippen molar-refractivity contribution in [3.8, 4) is 0 Å². The first-order valence-electron chi connectivity index (χ1n) is 11.6. The third-order valence-electron chi connectivity index (χ3n) is 5.44. The minimum absolute atomic E-state index is 0.0913. The summed E-state index contributed by atoms with van der Waals surface area (Å²) in [7, 11) is -3.71. The van der Waals surface area contributed by atoms with Crippen LogP contribution in [0.2, 0.25) is 0 Å². The molecule has 0 saturated carbocycles. The van der Waals surface area contributed by atoms with Crippen LogP contribution >= 0.6 is 0 Å². The molecule has 0 fully saturated rings. The summed E-state index contributed by atoms with van der Waals surface area (Å²) in [5.74, 6) is -0.458. The zero-order chi connectivity index (χ0) is 25.3. The van der Waals surface area contributed by atoms with Gasteiger partial charge in [-0.1, -0.05) is 74.4 Å². The average Bonchev–Trinajstić information content (AvgIpc) is 2.86. The fraction of sp³-hybridized carbons (Fsp3) is 0.308. The zero-order valence-electron chi connectivity index (χ0n) is 19.9. The number of alkyl carbamates (subject to hydrolysis) is 1. The second-order valence-electron chi connectivity index (χ2n) is 8.18. The number of unbranched alkanes of at least 4 members (excludes halogenated alkanes) is 2. The Morgan fingerprint density at radius 3 is 2.37 bits per heavy atom. The predicted molar refractivity (Wildman–Crippen MR) is 137 cm³/mol. The number of carbonyl (C=O) groups is 2. The quantitative estimate of drug-likeness (QED) is 0.336. The van der Waals surface area contributed by atoms with Crippen LogP contribution < -0.4 is 15.4 Å². The fourth-order valence-corrected chi connectivity index (χ4v) is 4.83. The third-order valence-corrected chi connectivity index (χ3v) is 6.96. The summed E-state index contributed by atoms with van der Waals surface area (Å²) in [5.41, 5.74) is 1.28. The van der Waals surface area contributed by atoms with E-state index in [0.29, 0.717) is 23.0 Å². The Bertz CT molecular complexity index is 1260. The van der Waals surface area contributed by atoms with Crippen LogP contribution in [-0.4, -0.2) is 33.0 Å². The van der Waals surface area contributed by atoms with Gasteiger partial charge in [-0.15, -0.1) is 0 Å². The second kappa shape index (κ2) is 12.3. The van der Waals surface area contributed by atoms with Crippen LogP contribution in [0.3, 0.4) is 0 Å². The molecule has 0 aromatic heterocycles. The highest BCUT2D eigenvalue weighted by atomic mass is 32.2.